The molecule has 0 aliphatic heterocycles. The smallest absolute Gasteiger partial charge is 0.193 e. The zero-order valence-corrected chi connectivity index (χ0v) is 32.4. The normalized spacial score (nSPS) is 23.8. The number of benzene rings is 4. The monoisotopic (exact) mass is 729 g/mol. The molecule has 7 rings (SSSR count). The number of rotatable bonds is 13. The van der Waals surface area contributed by atoms with Crippen molar-refractivity contribution < 1.29 is 24.9 Å². The number of carbonyl (C=O) groups excluding carboxylic acids is 1. The standard InChI is InChI=1S/C48H59NO5/c1-4-28-49(31-42(51)33-54-32-36-13-7-5-8-14-36)34-48(53)27-25-45-43-24-18-37(29-41(50)23-17-35(2)12-11-26-47(45,48)3)30-44(43)46(52)40-21-19-39(20-22-40)38-15-9-6-10-16-38/h5-10,12-16,18-22,24,30,41-42,45,50-51,53H,4,11,17,23,25-29,31-34H2,1-3H3. The van der Waals surface area contributed by atoms with Gasteiger partial charge in [0.25, 0.3) is 0 Å². The Balaban J connectivity index is 1.30. The molecule has 0 spiro atoms. The lowest BCUT2D eigenvalue weighted by Gasteiger charge is -2.46. The third-order valence-corrected chi connectivity index (χ3v) is 12.1. The summed E-state index contributed by atoms with van der Waals surface area (Å²) in [6.07, 6.45) is 6.80. The summed E-state index contributed by atoms with van der Waals surface area (Å²) in [6.45, 7) is 8.74. The zero-order chi connectivity index (χ0) is 38.1. The second-order valence-corrected chi connectivity index (χ2v) is 16.1. The van der Waals surface area contributed by atoms with Crippen molar-refractivity contribution in [2.45, 2.75) is 102 Å². The van der Waals surface area contributed by atoms with Gasteiger partial charge in [0.05, 0.1) is 31.0 Å². The number of fused-ring (bicyclic) bond motifs is 8. The summed E-state index contributed by atoms with van der Waals surface area (Å²) < 4.78 is 5.90. The molecule has 3 N–H and O–H groups in total. The first-order chi connectivity index (χ1) is 26.1. The van der Waals surface area contributed by atoms with Crippen LogP contribution in [0.1, 0.15) is 104 Å². The van der Waals surface area contributed by atoms with Crippen LogP contribution in [0.15, 0.2) is 115 Å². The van der Waals surface area contributed by atoms with Crippen LogP contribution in [0, 0.1) is 5.41 Å². The minimum absolute atomic E-state index is 0.0344. The topological polar surface area (TPSA) is 90.2 Å². The number of aliphatic hydroxyl groups is 3. The maximum atomic E-state index is 14.6. The van der Waals surface area contributed by atoms with Crippen LogP contribution in [0.25, 0.3) is 11.1 Å². The molecule has 5 atom stereocenters. The van der Waals surface area contributed by atoms with Gasteiger partial charge in [0.2, 0.25) is 0 Å². The van der Waals surface area contributed by atoms with E-state index in [0.717, 1.165) is 66.5 Å². The summed E-state index contributed by atoms with van der Waals surface area (Å²) in [5.74, 6) is -0.101. The van der Waals surface area contributed by atoms with Crippen LogP contribution < -0.4 is 0 Å². The van der Waals surface area contributed by atoms with E-state index in [1.807, 2.05) is 78.9 Å². The lowest BCUT2D eigenvalue weighted by atomic mass is 9.64. The van der Waals surface area contributed by atoms with E-state index in [-0.39, 0.29) is 18.3 Å². The zero-order valence-electron chi connectivity index (χ0n) is 32.4. The van der Waals surface area contributed by atoms with E-state index in [4.69, 9.17) is 4.74 Å². The van der Waals surface area contributed by atoms with Gasteiger partial charge in [0, 0.05) is 29.6 Å². The molecule has 0 radical (unpaired) electrons. The second kappa shape index (κ2) is 18.1. The number of hydrogen-bond acceptors (Lipinski definition) is 6. The number of carbonyl (C=O) groups is 1. The molecular formula is C48H59NO5. The Morgan fingerprint density at radius 2 is 1.63 bits per heavy atom. The second-order valence-electron chi connectivity index (χ2n) is 16.1. The van der Waals surface area contributed by atoms with Crippen LogP contribution in [0.3, 0.4) is 0 Å². The van der Waals surface area contributed by atoms with Crippen molar-refractivity contribution in [1.82, 2.24) is 4.90 Å². The van der Waals surface area contributed by atoms with E-state index in [1.54, 1.807) is 0 Å². The van der Waals surface area contributed by atoms with Gasteiger partial charge in [-0.1, -0.05) is 123 Å². The minimum atomic E-state index is -1.05. The van der Waals surface area contributed by atoms with E-state index in [2.05, 4.69) is 56.0 Å². The first-order valence-electron chi connectivity index (χ1n) is 20.0. The quantitative estimate of drug-likeness (QED) is 0.0941. The summed E-state index contributed by atoms with van der Waals surface area (Å²) in [5, 5.41) is 35.1. The van der Waals surface area contributed by atoms with Crippen molar-refractivity contribution in [3.05, 3.63) is 143 Å². The molecule has 1 fully saturated rings. The van der Waals surface area contributed by atoms with Gasteiger partial charge in [-0.15, -0.1) is 0 Å². The van der Waals surface area contributed by atoms with Crippen LogP contribution in [0.5, 0.6) is 0 Å². The van der Waals surface area contributed by atoms with Gasteiger partial charge < -0.3 is 20.1 Å². The van der Waals surface area contributed by atoms with Crippen molar-refractivity contribution in [3.8, 4) is 11.1 Å². The lowest BCUT2D eigenvalue weighted by molar-refractivity contribution is -0.0906. The number of nitrogens with zero attached hydrogens (tertiary/aromatic N) is 1. The summed E-state index contributed by atoms with van der Waals surface area (Å²) in [4.78, 5) is 16.8. The van der Waals surface area contributed by atoms with Crippen LogP contribution in [-0.4, -0.2) is 70.1 Å². The van der Waals surface area contributed by atoms with Gasteiger partial charge in [0.1, 0.15) is 0 Å². The predicted molar refractivity (Wildman–Crippen MR) is 218 cm³/mol. The number of aliphatic hydroxyl groups excluding tert-OH is 2. The summed E-state index contributed by atoms with van der Waals surface area (Å²) in [7, 11) is 0. The van der Waals surface area contributed by atoms with Crippen molar-refractivity contribution in [3.63, 3.8) is 0 Å². The van der Waals surface area contributed by atoms with E-state index in [0.29, 0.717) is 50.1 Å². The Morgan fingerprint density at radius 1 is 0.926 bits per heavy atom. The molecule has 4 aromatic rings. The van der Waals surface area contributed by atoms with Crippen molar-refractivity contribution in [1.29, 1.82) is 0 Å². The Bertz CT molecular complexity index is 1840. The SMILES string of the molecule is CCCN(CC(O)COCc1ccccc1)CC1(O)CCC2c3ccc(cc3C(=O)c3ccc(-c4ccccc4)cc3)CC(O)CCC(C)=CCCC21C. The molecule has 4 aromatic carbocycles. The highest BCUT2D eigenvalue weighted by atomic mass is 16.5. The Kier molecular flexibility index (Phi) is 13.4. The van der Waals surface area contributed by atoms with Gasteiger partial charge in [0.15, 0.2) is 5.78 Å². The van der Waals surface area contributed by atoms with E-state index in [9.17, 15) is 20.1 Å². The molecule has 6 heteroatoms. The molecule has 3 aliphatic carbocycles. The largest absolute Gasteiger partial charge is 0.393 e. The molecule has 0 saturated heterocycles. The fraction of sp³-hybridized carbons (Fsp3) is 0.438. The average Bonchev–Trinajstić information content (AvgIpc) is 3.42. The molecule has 3 aliphatic rings. The maximum Gasteiger partial charge on any atom is 0.193 e. The summed E-state index contributed by atoms with van der Waals surface area (Å²) >= 11 is 0. The van der Waals surface area contributed by atoms with E-state index < -0.39 is 23.2 Å². The average molecular weight is 730 g/mol. The van der Waals surface area contributed by atoms with Crippen molar-refractivity contribution in [2.24, 2.45) is 5.41 Å². The van der Waals surface area contributed by atoms with Crippen LogP contribution >= 0.6 is 0 Å². The van der Waals surface area contributed by atoms with Gasteiger partial charge >= 0.3 is 0 Å². The van der Waals surface area contributed by atoms with E-state index in [1.165, 1.54) is 5.57 Å². The Hall–Kier alpha value is -3.91. The number of ether oxygens (including phenoxy) is 1. The Labute approximate surface area is 322 Å². The first kappa shape index (κ1) is 39.8. The van der Waals surface area contributed by atoms with Crippen LogP contribution in [-0.2, 0) is 17.8 Å². The van der Waals surface area contributed by atoms with Crippen LogP contribution in [0.4, 0.5) is 0 Å². The first-order valence-corrected chi connectivity index (χ1v) is 20.0. The van der Waals surface area contributed by atoms with Gasteiger partial charge in [-0.05, 0) is 105 Å². The fourth-order valence-electron chi connectivity index (χ4n) is 8.96. The molecule has 54 heavy (non-hydrogen) atoms. The summed E-state index contributed by atoms with van der Waals surface area (Å²) in [5.41, 5.74) is 6.07. The van der Waals surface area contributed by atoms with Gasteiger partial charge in [-0.25, -0.2) is 0 Å². The lowest BCUT2D eigenvalue weighted by Crippen LogP contribution is -2.54. The molecule has 0 amide bonds. The highest BCUT2D eigenvalue weighted by molar-refractivity contribution is 6.10. The van der Waals surface area contributed by atoms with Gasteiger partial charge in [-0.3, -0.25) is 9.69 Å². The molecule has 286 valence electrons. The van der Waals surface area contributed by atoms with Crippen molar-refractivity contribution >= 4 is 5.78 Å². The minimum Gasteiger partial charge on any atom is -0.393 e. The third-order valence-electron chi connectivity index (χ3n) is 12.1. The third kappa shape index (κ3) is 9.47. The fourth-order valence-corrected chi connectivity index (χ4v) is 8.96. The maximum absolute atomic E-state index is 14.6. The Morgan fingerprint density at radius 3 is 2.35 bits per heavy atom. The number of allylic oxidation sites excluding steroid dienone is 2. The molecule has 5 unspecified atom stereocenters. The highest BCUT2D eigenvalue weighted by Crippen LogP contribution is 2.59. The molecule has 2 bridgehead atoms. The number of hydrogen-bond donors (Lipinski definition) is 3. The van der Waals surface area contributed by atoms with E-state index >= 15 is 0 Å². The molecular weight excluding hydrogens is 671 g/mol. The van der Waals surface area contributed by atoms with Crippen LogP contribution in [0.2, 0.25) is 0 Å². The predicted octanol–water partition coefficient (Wildman–Crippen LogP) is 8.91. The highest BCUT2D eigenvalue weighted by Gasteiger charge is 2.57. The van der Waals surface area contributed by atoms with Gasteiger partial charge in [-0.2, -0.15) is 0 Å². The summed E-state index contributed by atoms with van der Waals surface area (Å²) in [6, 6.07) is 34.2. The molecule has 6 nitrogen and oxygen atoms in total. The molecule has 0 aromatic heterocycles. The number of ketones is 1. The molecule has 1 saturated carbocycles. The molecule has 0 heterocycles. The van der Waals surface area contributed by atoms with Crippen molar-refractivity contribution in [2.75, 3.05) is 26.2 Å².